The van der Waals surface area contributed by atoms with Gasteiger partial charge in [-0.2, -0.15) is 5.10 Å². The number of nitrogens with one attached hydrogen (secondary N) is 1. The van der Waals surface area contributed by atoms with Crippen molar-refractivity contribution in [3.63, 3.8) is 0 Å². The van der Waals surface area contributed by atoms with Crippen molar-refractivity contribution in [3.8, 4) is 0 Å². The van der Waals surface area contributed by atoms with Gasteiger partial charge >= 0.3 is 0 Å². The normalized spacial score (nSPS) is 10.7. The largest absolute Gasteiger partial charge is 0.272 e. The number of halogens is 1. The van der Waals surface area contributed by atoms with E-state index in [2.05, 4.69) is 10.5 Å². The summed E-state index contributed by atoms with van der Waals surface area (Å²) >= 11 is 7.61. The molecule has 5 heteroatoms. The zero-order valence-electron chi connectivity index (χ0n) is 10.8. The maximum atomic E-state index is 11.8. The first-order valence-corrected chi connectivity index (χ1v) is 7.53. The minimum Gasteiger partial charge on any atom is -0.267 e. The van der Waals surface area contributed by atoms with E-state index in [4.69, 9.17) is 11.6 Å². The van der Waals surface area contributed by atoms with Gasteiger partial charge in [-0.25, -0.2) is 5.43 Å². The molecule has 0 fully saturated rings. The second-order valence-electron chi connectivity index (χ2n) is 3.95. The van der Waals surface area contributed by atoms with Gasteiger partial charge in [0.05, 0.1) is 16.8 Å². The molecule has 2 aromatic carbocycles. The van der Waals surface area contributed by atoms with Crippen molar-refractivity contribution < 1.29 is 4.79 Å². The van der Waals surface area contributed by atoms with Crippen LogP contribution >= 0.6 is 23.4 Å². The van der Waals surface area contributed by atoms with E-state index in [-0.39, 0.29) is 5.91 Å². The maximum Gasteiger partial charge on any atom is 0.272 e. The van der Waals surface area contributed by atoms with E-state index in [0.717, 1.165) is 5.56 Å². The van der Waals surface area contributed by atoms with Gasteiger partial charge in [-0.15, -0.1) is 11.8 Å². The summed E-state index contributed by atoms with van der Waals surface area (Å²) in [4.78, 5) is 13.0. The molecular weight excluding hydrogens is 292 g/mol. The van der Waals surface area contributed by atoms with E-state index in [1.54, 1.807) is 42.2 Å². The maximum absolute atomic E-state index is 11.8. The Hall–Kier alpha value is -1.78. The summed E-state index contributed by atoms with van der Waals surface area (Å²) in [6.45, 7) is 0. The van der Waals surface area contributed by atoms with Crippen LogP contribution < -0.4 is 5.43 Å². The highest BCUT2D eigenvalue weighted by Gasteiger charge is 2.07. The number of carbonyl (C=O) groups is 1. The molecule has 2 aromatic rings. The average molecular weight is 305 g/mol. The summed E-state index contributed by atoms with van der Waals surface area (Å²) in [5, 5.41) is 4.33. The highest BCUT2D eigenvalue weighted by atomic mass is 35.5. The van der Waals surface area contributed by atoms with Crippen LogP contribution in [-0.4, -0.2) is 18.4 Å². The predicted octanol–water partition coefficient (Wildman–Crippen LogP) is 3.83. The summed E-state index contributed by atoms with van der Waals surface area (Å²) < 4.78 is 0. The molecule has 0 aliphatic heterocycles. The van der Waals surface area contributed by atoms with E-state index < -0.39 is 0 Å². The first kappa shape index (κ1) is 14.6. The van der Waals surface area contributed by atoms with Crippen LogP contribution in [0.15, 0.2) is 58.5 Å². The van der Waals surface area contributed by atoms with Crippen LogP contribution in [0.25, 0.3) is 0 Å². The molecular formula is C15H13ClN2OS. The number of carbonyl (C=O) groups excluding carboxylic acids is 1. The number of rotatable bonds is 4. The summed E-state index contributed by atoms with van der Waals surface area (Å²) in [6.07, 6.45) is 3.62. The molecule has 20 heavy (non-hydrogen) atoms. The van der Waals surface area contributed by atoms with E-state index in [1.165, 1.54) is 4.90 Å². The van der Waals surface area contributed by atoms with Gasteiger partial charge < -0.3 is 0 Å². The van der Waals surface area contributed by atoms with Crippen molar-refractivity contribution in [2.45, 2.75) is 4.90 Å². The fourth-order valence-electron chi connectivity index (χ4n) is 1.56. The van der Waals surface area contributed by atoms with Crippen LogP contribution in [0.5, 0.6) is 0 Å². The Morgan fingerprint density at radius 3 is 2.55 bits per heavy atom. The second kappa shape index (κ2) is 7.12. The minimum absolute atomic E-state index is 0.326. The molecule has 0 saturated carbocycles. The van der Waals surface area contributed by atoms with Crippen LogP contribution in [0, 0.1) is 0 Å². The topological polar surface area (TPSA) is 41.5 Å². The van der Waals surface area contributed by atoms with Crippen LogP contribution in [0.4, 0.5) is 0 Å². The quantitative estimate of drug-likeness (QED) is 0.530. The Balaban J connectivity index is 1.99. The minimum atomic E-state index is -0.326. The lowest BCUT2D eigenvalue weighted by Crippen LogP contribution is -2.17. The lowest BCUT2D eigenvalue weighted by Gasteiger charge is -2.01. The van der Waals surface area contributed by atoms with E-state index in [1.807, 2.05) is 30.5 Å². The molecule has 0 bridgehead atoms. The van der Waals surface area contributed by atoms with Crippen molar-refractivity contribution >= 4 is 35.5 Å². The molecule has 2 rings (SSSR count). The van der Waals surface area contributed by atoms with Gasteiger partial charge in [-0.3, -0.25) is 4.79 Å². The molecule has 0 saturated heterocycles. The van der Waals surface area contributed by atoms with E-state index in [9.17, 15) is 4.79 Å². The molecule has 0 aliphatic rings. The van der Waals surface area contributed by atoms with Gasteiger partial charge in [-0.1, -0.05) is 35.9 Å². The standard InChI is InChI=1S/C15H13ClN2OS/c1-20-12-8-6-11(7-9-12)10-17-18-15(19)13-4-2-3-5-14(13)16/h2-10H,1H3,(H,18,19)/b17-10-. The lowest BCUT2D eigenvalue weighted by atomic mass is 10.2. The Labute approximate surface area is 127 Å². The van der Waals surface area contributed by atoms with Crippen LogP contribution in [0.3, 0.4) is 0 Å². The van der Waals surface area contributed by atoms with Gasteiger partial charge in [0.15, 0.2) is 0 Å². The zero-order chi connectivity index (χ0) is 14.4. The smallest absolute Gasteiger partial charge is 0.267 e. The number of thioether (sulfide) groups is 1. The molecule has 3 nitrogen and oxygen atoms in total. The highest BCUT2D eigenvalue weighted by Crippen LogP contribution is 2.15. The summed E-state index contributed by atoms with van der Waals surface area (Å²) in [7, 11) is 0. The predicted molar refractivity (Wildman–Crippen MR) is 84.7 cm³/mol. The van der Waals surface area contributed by atoms with Gasteiger partial charge in [0.1, 0.15) is 0 Å². The summed E-state index contributed by atoms with van der Waals surface area (Å²) in [5.41, 5.74) is 3.78. The molecule has 0 heterocycles. The average Bonchev–Trinajstić information content (AvgIpc) is 2.48. The van der Waals surface area contributed by atoms with E-state index in [0.29, 0.717) is 10.6 Å². The van der Waals surface area contributed by atoms with Crippen molar-refractivity contribution in [3.05, 3.63) is 64.7 Å². The number of hydrazone groups is 1. The third-order valence-electron chi connectivity index (χ3n) is 2.61. The number of nitrogens with zero attached hydrogens (tertiary/aromatic N) is 1. The summed E-state index contributed by atoms with van der Waals surface area (Å²) in [6, 6.07) is 14.7. The van der Waals surface area contributed by atoms with E-state index >= 15 is 0 Å². The number of amides is 1. The fourth-order valence-corrected chi connectivity index (χ4v) is 2.19. The second-order valence-corrected chi connectivity index (χ2v) is 5.24. The molecule has 0 unspecified atom stereocenters. The van der Waals surface area contributed by atoms with Gasteiger partial charge in [0, 0.05) is 4.90 Å². The Kier molecular flexibility index (Phi) is 5.21. The fraction of sp³-hybridized carbons (Fsp3) is 0.0667. The third kappa shape index (κ3) is 3.85. The lowest BCUT2D eigenvalue weighted by molar-refractivity contribution is 0.0955. The molecule has 0 atom stereocenters. The van der Waals surface area contributed by atoms with Crippen molar-refractivity contribution in [1.82, 2.24) is 5.43 Å². The van der Waals surface area contributed by atoms with Crippen LogP contribution in [0.1, 0.15) is 15.9 Å². The number of hydrogen-bond donors (Lipinski definition) is 1. The van der Waals surface area contributed by atoms with Gasteiger partial charge in [0.25, 0.3) is 5.91 Å². The van der Waals surface area contributed by atoms with Gasteiger partial charge in [-0.05, 0) is 36.1 Å². The molecule has 1 N–H and O–H groups in total. The third-order valence-corrected chi connectivity index (χ3v) is 3.69. The van der Waals surface area contributed by atoms with Gasteiger partial charge in [0.2, 0.25) is 0 Å². The summed E-state index contributed by atoms with van der Waals surface area (Å²) in [5.74, 6) is -0.326. The SMILES string of the molecule is CSc1ccc(/C=N\NC(=O)c2ccccc2Cl)cc1. The molecule has 102 valence electrons. The Morgan fingerprint density at radius 2 is 1.90 bits per heavy atom. The molecule has 0 radical (unpaired) electrons. The zero-order valence-corrected chi connectivity index (χ0v) is 12.4. The van der Waals surface area contributed by atoms with Crippen molar-refractivity contribution in [2.75, 3.05) is 6.26 Å². The Morgan fingerprint density at radius 1 is 1.20 bits per heavy atom. The first-order chi connectivity index (χ1) is 9.70. The molecule has 1 amide bonds. The molecule has 0 spiro atoms. The number of hydrogen-bond acceptors (Lipinski definition) is 3. The molecule has 0 aliphatic carbocycles. The van der Waals surface area contributed by atoms with Crippen molar-refractivity contribution in [1.29, 1.82) is 0 Å². The van der Waals surface area contributed by atoms with Crippen molar-refractivity contribution in [2.24, 2.45) is 5.10 Å². The monoisotopic (exact) mass is 304 g/mol. The molecule has 0 aromatic heterocycles. The Bertz CT molecular complexity index is 626. The number of benzene rings is 2. The van der Waals surface area contributed by atoms with Crippen LogP contribution in [0.2, 0.25) is 5.02 Å². The highest BCUT2D eigenvalue weighted by molar-refractivity contribution is 7.98. The first-order valence-electron chi connectivity index (χ1n) is 5.92. The van der Waals surface area contributed by atoms with Crippen LogP contribution in [-0.2, 0) is 0 Å².